The molecule has 1 N–H and O–H groups in total. The van der Waals surface area contributed by atoms with Gasteiger partial charge in [-0.05, 0) is 43.2 Å². The lowest BCUT2D eigenvalue weighted by atomic mass is 10.2. The molecule has 0 spiro atoms. The molecule has 0 aromatic carbocycles. The number of pyridine rings is 2. The van der Waals surface area contributed by atoms with E-state index < -0.39 is 15.9 Å². The first kappa shape index (κ1) is 20.9. The third-order valence-corrected chi connectivity index (χ3v) is 6.54. The fourth-order valence-corrected chi connectivity index (χ4v) is 4.26. The van der Waals surface area contributed by atoms with Crippen LogP contribution in [0.15, 0.2) is 59.0 Å². The Morgan fingerprint density at radius 1 is 1.13 bits per heavy atom. The maximum absolute atomic E-state index is 12.7. The summed E-state index contributed by atoms with van der Waals surface area (Å²) < 4.78 is 27.1. The molecule has 3 aromatic heterocycles. The monoisotopic (exact) mass is 442 g/mol. The van der Waals surface area contributed by atoms with Crippen molar-refractivity contribution in [3.05, 3.63) is 66.0 Å². The molecule has 0 radical (unpaired) electrons. The highest BCUT2D eigenvalue weighted by atomic mass is 32.2. The van der Waals surface area contributed by atoms with Crippen LogP contribution in [0.2, 0.25) is 0 Å². The molecule has 1 amide bonds. The Morgan fingerprint density at radius 3 is 2.61 bits per heavy atom. The number of fused-ring (bicyclic) bond motifs is 1. The van der Waals surface area contributed by atoms with E-state index in [1.54, 1.807) is 28.2 Å². The van der Waals surface area contributed by atoms with Crippen LogP contribution in [-0.2, 0) is 34.3 Å². The van der Waals surface area contributed by atoms with E-state index in [-0.39, 0.29) is 22.4 Å². The molecule has 1 aliphatic rings. The van der Waals surface area contributed by atoms with E-state index in [2.05, 4.69) is 20.4 Å². The zero-order valence-corrected chi connectivity index (χ0v) is 17.9. The zero-order valence-electron chi connectivity index (χ0n) is 17.1. The average molecular weight is 443 g/mol. The lowest BCUT2D eigenvalue weighted by Gasteiger charge is -2.14. The molecular formula is C20H22N6O4S. The van der Waals surface area contributed by atoms with Gasteiger partial charge in [0, 0.05) is 30.8 Å². The third kappa shape index (κ3) is 4.57. The maximum Gasteiger partial charge on any atom is 0.426 e. The number of hydrogen-bond donors (Lipinski definition) is 1. The summed E-state index contributed by atoms with van der Waals surface area (Å²) >= 11 is 0. The minimum atomic E-state index is -3.71. The second-order valence-electron chi connectivity index (χ2n) is 7.41. The van der Waals surface area contributed by atoms with E-state index >= 15 is 0 Å². The Kier molecular flexibility index (Phi) is 5.70. The van der Waals surface area contributed by atoms with Crippen LogP contribution in [0.5, 0.6) is 0 Å². The first-order valence-corrected chi connectivity index (χ1v) is 11.2. The molecule has 0 unspecified atom stereocenters. The van der Waals surface area contributed by atoms with E-state index in [1.807, 2.05) is 19.9 Å². The second kappa shape index (κ2) is 8.44. The van der Waals surface area contributed by atoms with Crippen molar-refractivity contribution in [2.45, 2.75) is 49.3 Å². The number of hydroxylamine groups is 2. The normalized spacial score (nSPS) is 13.9. The highest BCUT2D eigenvalue weighted by molar-refractivity contribution is 7.91. The topological polar surface area (TPSA) is 119 Å². The molecule has 0 saturated heterocycles. The van der Waals surface area contributed by atoms with Gasteiger partial charge in [-0.25, -0.2) is 13.2 Å². The van der Waals surface area contributed by atoms with Crippen molar-refractivity contribution in [3.8, 4) is 0 Å². The predicted octanol–water partition coefficient (Wildman–Crippen LogP) is 2.24. The second-order valence-corrected chi connectivity index (χ2v) is 9.36. The Bertz CT molecular complexity index is 1170. The van der Waals surface area contributed by atoms with Gasteiger partial charge < -0.3 is 10.2 Å². The largest absolute Gasteiger partial charge is 0.426 e. The fraction of sp³-hybridized carbons (Fsp3) is 0.300. The summed E-state index contributed by atoms with van der Waals surface area (Å²) in [4.78, 5) is 25.7. The van der Waals surface area contributed by atoms with Gasteiger partial charge in [0.2, 0.25) is 9.84 Å². The van der Waals surface area contributed by atoms with Crippen LogP contribution in [0.25, 0.3) is 0 Å². The highest BCUT2D eigenvalue weighted by Gasteiger charge is 2.23. The molecule has 4 rings (SSSR count). The van der Waals surface area contributed by atoms with E-state index in [4.69, 9.17) is 4.84 Å². The van der Waals surface area contributed by atoms with E-state index in [0.29, 0.717) is 18.8 Å². The summed E-state index contributed by atoms with van der Waals surface area (Å²) in [6.07, 6.45) is 6.94. The SMILES string of the molecule is CC(C)n1cc(S(=O)(=O)c2ccc(CNC(=O)ON3Cc4ccncc4C3)nc2)cn1. The van der Waals surface area contributed by atoms with Crippen LogP contribution in [0.4, 0.5) is 4.79 Å². The Labute approximate surface area is 179 Å². The number of amides is 1. The Morgan fingerprint density at radius 2 is 1.94 bits per heavy atom. The summed E-state index contributed by atoms with van der Waals surface area (Å²) in [7, 11) is -3.71. The first-order chi connectivity index (χ1) is 14.8. The Hall–Kier alpha value is -3.31. The predicted molar refractivity (Wildman–Crippen MR) is 109 cm³/mol. The van der Waals surface area contributed by atoms with Crippen molar-refractivity contribution in [1.29, 1.82) is 0 Å². The lowest BCUT2D eigenvalue weighted by Crippen LogP contribution is -2.31. The number of sulfone groups is 1. The Balaban J connectivity index is 1.33. The number of rotatable bonds is 6. The molecule has 0 saturated carbocycles. The molecule has 162 valence electrons. The zero-order chi connectivity index (χ0) is 22.0. The maximum atomic E-state index is 12.7. The van der Waals surface area contributed by atoms with Gasteiger partial charge in [-0.1, -0.05) is 0 Å². The average Bonchev–Trinajstić information content (AvgIpc) is 3.40. The molecular weight excluding hydrogens is 420 g/mol. The van der Waals surface area contributed by atoms with Gasteiger partial charge in [-0.3, -0.25) is 14.6 Å². The molecule has 0 aliphatic carbocycles. The summed E-state index contributed by atoms with van der Waals surface area (Å²) in [5.41, 5.74) is 2.59. The molecule has 1 aliphatic heterocycles. The van der Waals surface area contributed by atoms with Crippen LogP contribution in [-0.4, -0.2) is 39.3 Å². The van der Waals surface area contributed by atoms with Crippen molar-refractivity contribution in [2.75, 3.05) is 0 Å². The van der Waals surface area contributed by atoms with Crippen LogP contribution in [0.3, 0.4) is 0 Å². The minimum absolute atomic E-state index is 0.0571. The van der Waals surface area contributed by atoms with Gasteiger partial charge in [-0.2, -0.15) is 5.10 Å². The molecule has 3 aromatic rings. The number of carbonyl (C=O) groups is 1. The van der Waals surface area contributed by atoms with Gasteiger partial charge in [0.05, 0.1) is 36.4 Å². The van der Waals surface area contributed by atoms with Gasteiger partial charge in [0.15, 0.2) is 0 Å². The summed E-state index contributed by atoms with van der Waals surface area (Å²) in [5.74, 6) is 0. The molecule has 0 fully saturated rings. The molecule has 10 nitrogen and oxygen atoms in total. The van der Waals surface area contributed by atoms with Gasteiger partial charge in [0.25, 0.3) is 0 Å². The third-order valence-electron chi connectivity index (χ3n) is 4.85. The highest BCUT2D eigenvalue weighted by Crippen LogP contribution is 2.22. The van der Waals surface area contributed by atoms with Gasteiger partial charge in [0.1, 0.15) is 4.90 Å². The van der Waals surface area contributed by atoms with E-state index in [1.165, 1.54) is 24.7 Å². The smallest absolute Gasteiger partial charge is 0.350 e. The standard InChI is InChI=1S/C20H22N6O4S/c1-14(2)26-13-19(10-24-26)31(28,29)18-4-3-17(22-9-18)8-23-20(27)30-25-11-15-5-6-21-7-16(15)12-25/h3-7,9-10,13-14H,8,11-12H2,1-2H3,(H,23,27). The van der Waals surface area contributed by atoms with Crippen LogP contribution in [0.1, 0.15) is 36.7 Å². The molecule has 31 heavy (non-hydrogen) atoms. The first-order valence-electron chi connectivity index (χ1n) is 9.69. The van der Waals surface area contributed by atoms with Crippen molar-refractivity contribution >= 4 is 15.9 Å². The number of nitrogens with zero attached hydrogens (tertiary/aromatic N) is 5. The van der Waals surface area contributed by atoms with Crippen molar-refractivity contribution in [3.63, 3.8) is 0 Å². The number of hydrogen-bond acceptors (Lipinski definition) is 8. The quantitative estimate of drug-likeness (QED) is 0.617. The molecule has 0 atom stereocenters. The van der Waals surface area contributed by atoms with Crippen molar-refractivity contribution in [2.24, 2.45) is 0 Å². The fourth-order valence-electron chi connectivity index (χ4n) is 3.12. The summed E-state index contributed by atoms with van der Waals surface area (Å²) in [5, 5.41) is 8.24. The van der Waals surface area contributed by atoms with Crippen molar-refractivity contribution in [1.82, 2.24) is 30.1 Å². The van der Waals surface area contributed by atoms with E-state index in [9.17, 15) is 13.2 Å². The number of carbonyl (C=O) groups excluding carboxylic acids is 1. The summed E-state index contributed by atoms with van der Waals surface area (Å²) in [6.45, 7) is 4.92. The van der Waals surface area contributed by atoms with Gasteiger partial charge in [-0.15, -0.1) is 5.06 Å². The van der Waals surface area contributed by atoms with Crippen LogP contribution in [0, 0.1) is 0 Å². The minimum Gasteiger partial charge on any atom is -0.350 e. The number of nitrogens with one attached hydrogen (secondary N) is 1. The van der Waals surface area contributed by atoms with E-state index in [0.717, 1.165) is 11.1 Å². The molecule has 11 heteroatoms. The van der Waals surface area contributed by atoms with Crippen molar-refractivity contribution < 1.29 is 18.0 Å². The molecule has 4 heterocycles. The van der Waals surface area contributed by atoms with Gasteiger partial charge >= 0.3 is 6.09 Å². The molecule has 0 bridgehead atoms. The van der Waals surface area contributed by atoms with Crippen LogP contribution >= 0.6 is 0 Å². The van der Waals surface area contributed by atoms with Crippen LogP contribution < -0.4 is 5.32 Å². The lowest BCUT2D eigenvalue weighted by molar-refractivity contribution is -0.106. The number of aromatic nitrogens is 4. The summed E-state index contributed by atoms with van der Waals surface area (Å²) in [6, 6.07) is 4.96.